The van der Waals surface area contributed by atoms with Crippen LogP contribution in [-0.2, 0) is 0 Å². The molecule has 4 nitrogen and oxygen atoms in total. The van der Waals surface area contributed by atoms with Gasteiger partial charge in [-0.2, -0.15) is 5.10 Å². The molecular weight excluding hydrogens is 306 g/mol. The van der Waals surface area contributed by atoms with Gasteiger partial charge in [-0.15, -0.1) is 11.3 Å². The number of nitrogens with zero attached hydrogens (tertiary/aromatic N) is 2. The zero-order valence-electron chi connectivity index (χ0n) is 11.2. The van der Waals surface area contributed by atoms with Crippen LogP contribution in [0.5, 0.6) is 0 Å². The molecule has 0 radical (unpaired) electrons. The van der Waals surface area contributed by atoms with Crippen molar-refractivity contribution in [2.75, 3.05) is 5.32 Å². The molecule has 1 N–H and O–H groups in total. The quantitative estimate of drug-likeness (QED) is 0.789. The van der Waals surface area contributed by atoms with E-state index in [-0.39, 0.29) is 5.91 Å². The zero-order valence-corrected chi connectivity index (χ0v) is 12.8. The average Bonchev–Trinajstić information content (AvgIpc) is 3.10. The van der Waals surface area contributed by atoms with Gasteiger partial charge in [0.1, 0.15) is 5.69 Å². The minimum absolute atomic E-state index is 0.141. The predicted octanol–water partition coefficient (Wildman–Crippen LogP) is 4.15. The topological polar surface area (TPSA) is 46.9 Å². The molecule has 0 aliphatic carbocycles. The second-order valence-electron chi connectivity index (χ2n) is 4.47. The maximum Gasteiger partial charge on any atom is 0.266 e. The lowest BCUT2D eigenvalue weighted by molar-refractivity contribution is 0.103. The maximum absolute atomic E-state index is 12.4. The van der Waals surface area contributed by atoms with E-state index in [2.05, 4.69) is 10.4 Å². The average molecular weight is 318 g/mol. The van der Waals surface area contributed by atoms with Gasteiger partial charge in [-0.3, -0.25) is 4.79 Å². The summed E-state index contributed by atoms with van der Waals surface area (Å²) in [7, 11) is 0. The number of hydrogen-bond donors (Lipinski definition) is 1. The fraction of sp³-hybridized carbons (Fsp3) is 0.0667. The number of carbonyl (C=O) groups excluding carboxylic acids is 1. The summed E-state index contributed by atoms with van der Waals surface area (Å²) in [6, 6.07) is 9.10. The minimum atomic E-state index is -0.141. The van der Waals surface area contributed by atoms with E-state index >= 15 is 0 Å². The molecule has 0 aliphatic heterocycles. The van der Waals surface area contributed by atoms with Crippen LogP contribution in [0.2, 0.25) is 5.02 Å². The van der Waals surface area contributed by atoms with Crippen molar-refractivity contribution in [3.8, 4) is 5.69 Å². The molecular formula is C15H12ClN3OS. The molecule has 0 fully saturated rings. The third kappa shape index (κ3) is 2.70. The molecule has 3 aromatic rings. The van der Waals surface area contributed by atoms with Crippen LogP contribution < -0.4 is 5.32 Å². The highest BCUT2D eigenvalue weighted by Crippen LogP contribution is 2.29. The van der Waals surface area contributed by atoms with Crippen molar-refractivity contribution >= 4 is 34.5 Å². The van der Waals surface area contributed by atoms with Gasteiger partial charge in [0.05, 0.1) is 15.6 Å². The molecule has 2 aromatic heterocycles. The van der Waals surface area contributed by atoms with E-state index in [9.17, 15) is 4.79 Å². The fourth-order valence-corrected chi connectivity index (χ4v) is 3.12. The van der Waals surface area contributed by atoms with Crippen LogP contribution >= 0.6 is 22.9 Å². The normalized spacial score (nSPS) is 10.6. The zero-order chi connectivity index (χ0) is 14.8. The SMILES string of the molecule is Cc1ccsc1C(=O)Nc1cccc(Cl)c1-n1cccn1. The van der Waals surface area contributed by atoms with Crippen LogP contribution in [0.3, 0.4) is 0 Å². The van der Waals surface area contributed by atoms with Crippen LogP contribution in [0.1, 0.15) is 15.2 Å². The van der Waals surface area contributed by atoms with Crippen LogP contribution in [0.15, 0.2) is 48.1 Å². The summed E-state index contributed by atoms with van der Waals surface area (Å²) in [5.74, 6) is -0.141. The monoisotopic (exact) mass is 317 g/mol. The number of nitrogens with one attached hydrogen (secondary N) is 1. The van der Waals surface area contributed by atoms with E-state index in [1.807, 2.05) is 24.4 Å². The van der Waals surface area contributed by atoms with Crippen LogP contribution in [0.4, 0.5) is 5.69 Å². The molecule has 106 valence electrons. The van der Waals surface area contributed by atoms with Crippen LogP contribution in [0, 0.1) is 6.92 Å². The third-order valence-corrected chi connectivity index (χ3v) is 4.36. The molecule has 1 aromatic carbocycles. The lowest BCUT2D eigenvalue weighted by atomic mass is 10.2. The highest BCUT2D eigenvalue weighted by molar-refractivity contribution is 7.12. The molecule has 3 rings (SSSR count). The molecule has 21 heavy (non-hydrogen) atoms. The van der Waals surface area contributed by atoms with Crippen LogP contribution in [-0.4, -0.2) is 15.7 Å². The number of amides is 1. The van der Waals surface area contributed by atoms with E-state index in [0.29, 0.717) is 21.3 Å². The fourth-order valence-electron chi connectivity index (χ4n) is 2.03. The second kappa shape index (κ2) is 5.71. The molecule has 0 atom stereocenters. The van der Waals surface area contributed by atoms with E-state index in [1.165, 1.54) is 11.3 Å². The largest absolute Gasteiger partial charge is 0.319 e. The van der Waals surface area contributed by atoms with Gasteiger partial charge in [0.15, 0.2) is 0 Å². The molecule has 0 unspecified atom stereocenters. The Morgan fingerprint density at radius 1 is 1.33 bits per heavy atom. The molecule has 0 aliphatic rings. The lowest BCUT2D eigenvalue weighted by Crippen LogP contribution is -2.13. The van der Waals surface area contributed by atoms with Crippen molar-refractivity contribution in [3.05, 3.63) is 63.6 Å². The third-order valence-electron chi connectivity index (χ3n) is 3.04. The summed E-state index contributed by atoms with van der Waals surface area (Å²) in [5.41, 5.74) is 2.25. The van der Waals surface area contributed by atoms with Crippen molar-refractivity contribution < 1.29 is 4.79 Å². The summed E-state index contributed by atoms with van der Waals surface area (Å²) in [4.78, 5) is 13.1. The van der Waals surface area contributed by atoms with E-state index < -0.39 is 0 Å². The van der Waals surface area contributed by atoms with Crippen LogP contribution in [0.25, 0.3) is 5.69 Å². The maximum atomic E-state index is 12.4. The lowest BCUT2D eigenvalue weighted by Gasteiger charge is -2.12. The Labute approximate surface area is 131 Å². The minimum Gasteiger partial charge on any atom is -0.319 e. The molecule has 0 saturated carbocycles. The number of anilines is 1. The summed E-state index contributed by atoms with van der Waals surface area (Å²) in [5, 5.41) is 9.51. The summed E-state index contributed by atoms with van der Waals surface area (Å²) < 4.78 is 1.64. The van der Waals surface area contributed by atoms with Gasteiger partial charge in [0.2, 0.25) is 0 Å². The first kappa shape index (κ1) is 13.9. The number of thiophene rings is 1. The molecule has 0 saturated heterocycles. The molecule has 0 spiro atoms. The Morgan fingerprint density at radius 2 is 2.19 bits per heavy atom. The van der Waals surface area contributed by atoms with Gasteiger partial charge < -0.3 is 5.32 Å². The van der Waals surface area contributed by atoms with Crippen molar-refractivity contribution in [2.24, 2.45) is 0 Å². The number of rotatable bonds is 3. The Kier molecular flexibility index (Phi) is 3.77. The number of carbonyl (C=O) groups is 1. The first-order chi connectivity index (χ1) is 10.2. The van der Waals surface area contributed by atoms with Crippen molar-refractivity contribution in [3.63, 3.8) is 0 Å². The summed E-state index contributed by atoms with van der Waals surface area (Å²) in [6.45, 7) is 1.91. The Balaban J connectivity index is 1.98. The Hall–Kier alpha value is -2.11. The summed E-state index contributed by atoms with van der Waals surface area (Å²) in [6.07, 6.45) is 3.45. The first-order valence-electron chi connectivity index (χ1n) is 6.31. The van der Waals surface area contributed by atoms with Gasteiger partial charge in [-0.1, -0.05) is 17.7 Å². The van der Waals surface area contributed by atoms with Gasteiger partial charge in [0.25, 0.3) is 5.91 Å². The number of para-hydroxylation sites is 1. The summed E-state index contributed by atoms with van der Waals surface area (Å²) >= 11 is 7.67. The van der Waals surface area contributed by atoms with Gasteiger partial charge in [-0.25, -0.2) is 4.68 Å². The van der Waals surface area contributed by atoms with Gasteiger partial charge in [-0.05, 0) is 42.1 Å². The van der Waals surface area contributed by atoms with E-state index in [1.54, 1.807) is 35.3 Å². The van der Waals surface area contributed by atoms with E-state index in [0.717, 1.165) is 5.56 Å². The first-order valence-corrected chi connectivity index (χ1v) is 7.56. The van der Waals surface area contributed by atoms with Crippen molar-refractivity contribution in [2.45, 2.75) is 6.92 Å². The Bertz CT molecular complexity index is 780. The van der Waals surface area contributed by atoms with E-state index in [4.69, 9.17) is 11.6 Å². The highest BCUT2D eigenvalue weighted by Gasteiger charge is 2.15. The molecule has 0 bridgehead atoms. The Morgan fingerprint density at radius 3 is 2.86 bits per heavy atom. The van der Waals surface area contributed by atoms with Gasteiger partial charge >= 0.3 is 0 Å². The number of halogens is 1. The molecule has 1 amide bonds. The standard InChI is InChI=1S/C15H12ClN3OS/c1-10-6-9-21-14(10)15(20)18-12-5-2-4-11(16)13(12)19-8-3-7-17-19/h2-9H,1H3,(H,18,20). The van der Waals surface area contributed by atoms with Crippen molar-refractivity contribution in [1.82, 2.24) is 9.78 Å². The smallest absolute Gasteiger partial charge is 0.266 e. The number of aromatic nitrogens is 2. The number of aryl methyl sites for hydroxylation is 1. The van der Waals surface area contributed by atoms with Crippen molar-refractivity contribution in [1.29, 1.82) is 0 Å². The highest BCUT2D eigenvalue weighted by atomic mass is 35.5. The molecule has 6 heteroatoms. The molecule has 2 heterocycles. The predicted molar refractivity (Wildman–Crippen MR) is 85.6 cm³/mol. The number of benzene rings is 1. The number of hydrogen-bond acceptors (Lipinski definition) is 3. The second-order valence-corrected chi connectivity index (χ2v) is 5.80. The van der Waals surface area contributed by atoms with Gasteiger partial charge in [0, 0.05) is 12.4 Å².